The summed E-state index contributed by atoms with van der Waals surface area (Å²) in [6.45, 7) is -4.20. The second kappa shape index (κ2) is 23.0. The first-order chi connectivity index (χ1) is 14.7. The van der Waals surface area contributed by atoms with Crippen LogP contribution in [-0.4, -0.2) is 151 Å². The van der Waals surface area contributed by atoms with E-state index in [4.69, 9.17) is 40.9 Å². The molecular weight excluding hydrogens is 490 g/mol. The van der Waals surface area contributed by atoms with Gasteiger partial charge in [-0.25, -0.2) is 0 Å². The van der Waals surface area contributed by atoms with Crippen LogP contribution >= 0.6 is 0 Å². The van der Waals surface area contributed by atoms with Crippen molar-refractivity contribution in [3.05, 3.63) is 0 Å². The van der Waals surface area contributed by atoms with Crippen molar-refractivity contribution >= 4 is 23.9 Å². The molecule has 0 radical (unpaired) electrons. The van der Waals surface area contributed by atoms with E-state index in [1.807, 2.05) is 0 Å². The summed E-state index contributed by atoms with van der Waals surface area (Å²) in [4.78, 5) is 43.9. The Hall–Kier alpha value is -0.440. The van der Waals surface area contributed by atoms with E-state index in [-0.39, 0.29) is 72.2 Å². The molecule has 34 heavy (non-hydrogen) atoms. The standard InChI is InChI=1S/C10H16N2O8.C6H14O6.2Na/c13-7(14)3-11(4-8(15)16)1-2-12(5-9(17)18)6-10(19)20;7-1-3(9)5(11)6(12)4(10)2-8;;/h1-6H2,(H,13,14)(H,15,16)(H,17,18)(H,19,20);3-12H,1-2H2;;/q;;2*+1/p-2/t;3-,4-,5-,6-;;/m.1../s1. The molecule has 0 unspecified atom stereocenters. The van der Waals surface area contributed by atoms with Crippen LogP contribution in [0.2, 0.25) is 0 Å². The van der Waals surface area contributed by atoms with E-state index in [1.165, 1.54) is 0 Å². The van der Waals surface area contributed by atoms with Crippen LogP contribution in [0.5, 0.6) is 0 Å². The van der Waals surface area contributed by atoms with Gasteiger partial charge >= 0.3 is 71.1 Å². The van der Waals surface area contributed by atoms with Crippen molar-refractivity contribution in [2.24, 2.45) is 0 Å². The van der Waals surface area contributed by atoms with E-state index in [2.05, 4.69) is 0 Å². The average Bonchev–Trinajstić information content (AvgIpc) is 2.68. The summed E-state index contributed by atoms with van der Waals surface area (Å²) in [6.07, 6.45) is -6.39. The number of rotatable bonds is 16. The third-order valence-electron chi connectivity index (χ3n) is 3.67. The molecule has 0 amide bonds. The summed E-state index contributed by atoms with van der Waals surface area (Å²) in [7, 11) is 0. The molecule has 18 heteroatoms. The fourth-order valence-corrected chi connectivity index (χ4v) is 2.13. The monoisotopic (exact) mass is 518 g/mol. The minimum atomic E-state index is -1.67. The number of carboxylic acids is 4. The van der Waals surface area contributed by atoms with Crippen LogP contribution in [0.4, 0.5) is 0 Å². The normalized spacial score (nSPS) is 13.9. The minimum Gasteiger partial charge on any atom is -0.549 e. The van der Waals surface area contributed by atoms with Crippen LogP contribution in [0, 0.1) is 0 Å². The number of carbonyl (C=O) groups is 4. The number of aliphatic hydroxyl groups is 6. The van der Waals surface area contributed by atoms with Gasteiger partial charge in [0, 0.05) is 26.2 Å². The Morgan fingerprint density at radius 1 is 0.618 bits per heavy atom. The van der Waals surface area contributed by atoms with E-state index >= 15 is 0 Å². The third-order valence-corrected chi connectivity index (χ3v) is 3.67. The third kappa shape index (κ3) is 22.1. The summed E-state index contributed by atoms with van der Waals surface area (Å²) in [5.74, 6) is -5.52. The molecule has 16 nitrogen and oxygen atoms in total. The average molecular weight is 518 g/mol. The van der Waals surface area contributed by atoms with Crippen LogP contribution < -0.4 is 69.3 Å². The fraction of sp³-hybridized carbons (Fsp3) is 0.750. The smallest absolute Gasteiger partial charge is 0.549 e. The zero-order valence-corrected chi connectivity index (χ0v) is 22.9. The van der Waals surface area contributed by atoms with Crippen molar-refractivity contribution in [3.8, 4) is 0 Å². The maximum absolute atomic E-state index is 10.5. The van der Waals surface area contributed by atoms with Crippen molar-refractivity contribution < 1.29 is 129 Å². The van der Waals surface area contributed by atoms with Crippen LogP contribution in [0.3, 0.4) is 0 Å². The van der Waals surface area contributed by atoms with Gasteiger partial charge in [0.25, 0.3) is 0 Å². The zero-order chi connectivity index (χ0) is 25.4. The van der Waals surface area contributed by atoms with Gasteiger partial charge in [0.2, 0.25) is 0 Å². The van der Waals surface area contributed by atoms with Crippen molar-refractivity contribution in [1.29, 1.82) is 0 Å². The number of aliphatic carboxylic acids is 4. The van der Waals surface area contributed by atoms with Gasteiger partial charge < -0.3 is 60.7 Å². The number of aliphatic hydroxyl groups excluding tert-OH is 6. The molecule has 0 aromatic carbocycles. The van der Waals surface area contributed by atoms with Crippen molar-refractivity contribution in [3.63, 3.8) is 0 Å². The van der Waals surface area contributed by atoms with Gasteiger partial charge in [-0.15, -0.1) is 0 Å². The number of hydrogen-bond donors (Lipinski definition) is 8. The van der Waals surface area contributed by atoms with Gasteiger partial charge in [-0.05, 0) is 0 Å². The molecule has 8 N–H and O–H groups in total. The van der Waals surface area contributed by atoms with Crippen LogP contribution in [0.25, 0.3) is 0 Å². The summed E-state index contributed by atoms with van der Waals surface area (Å²) in [6, 6.07) is 0. The summed E-state index contributed by atoms with van der Waals surface area (Å²) in [5.41, 5.74) is 0. The topological polar surface area (TPSA) is 283 Å². The van der Waals surface area contributed by atoms with E-state index < -0.39 is 87.7 Å². The van der Waals surface area contributed by atoms with Gasteiger partial charge in [0.15, 0.2) is 0 Å². The molecule has 0 aliphatic carbocycles. The Morgan fingerprint density at radius 2 is 0.882 bits per heavy atom. The molecule has 0 heterocycles. The van der Waals surface area contributed by atoms with Crippen LogP contribution in [0.1, 0.15) is 0 Å². The van der Waals surface area contributed by atoms with Crippen LogP contribution in [0.15, 0.2) is 0 Å². The molecule has 0 saturated carbocycles. The first-order valence-corrected chi connectivity index (χ1v) is 8.97. The molecule has 188 valence electrons. The Morgan fingerprint density at radius 3 is 1.06 bits per heavy atom. The molecule has 0 saturated heterocycles. The quantitative estimate of drug-likeness (QED) is 0.0880. The molecule has 0 aliphatic heterocycles. The number of hydrogen-bond acceptors (Lipinski definition) is 14. The van der Waals surface area contributed by atoms with Crippen LogP contribution in [-0.2, 0) is 19.2 Å². The molecule has 0 rings (SSSR count). The first kappa shape index (κ1) is 40.7. The molecule has 0 bridgehead atoms. The minimum absolute atomic E-state index is 0. The SMILES string of the molecule is O=C([O-])CN(CCN(CC(=O)[O-])CC(=O)O)CC(=O)O.OC[C@@H](O)[C@@H](O)[C@H](O)[C@H](O)CO.[Na+].[Na+]. The molecular formula is C16H28N2Na2O14. The van der Waals surface area contributed by atoms with Gasteiger partial charge in [0.1, 0.15) is 24.4 Å². The number of nitrogens with zero attached hydrogens (tertiary/aromatic N) is 2. The Kier molecular flexibility index (Phi) is 27.5. The molecule has 0 spiro atoms. The largest absolute Gasteiger partial charge is 1.00 e. The maximum Gasteiger partial charge on any atom is 1.00 e. The Balaban J connectivity index is -0.000000279. The Labute approximate surface area is 238 Å². The van der Waals surface area contributed by atoms with Crippen molar-refractivity contribution in [2.75, 3.05) is 52.5 Å². The van der Waals surface area contributed by atoms with E-state index in [9.17, 15) is 29.4 Å². The van der Waals surface area contributed by atoms with Gasteiger partial charge in [-0.3, -0.25) is 19.4 Å². The van der Waals surface area contributed by atoms with E-state index in [0.717, 1.165) is 9.80 Å². The van der Waals surface area contributed by atoms with Crippen molar-refractivity contribution in [2.45, 2.75) is 24.4 Å². The molecule has 0 aromatic rings. The number of carbonyl (C=O) groups excluding carboxylic acids is 2. The van der Waals surface area contributed by atoms with Crippen molar-refractivity contribution in [1.82, 2.24) is 9.80 Å². The molecule has 0 aliphatic rings. The summed E-state index contributed by atoms with van der Waals surface area (Å²) in [5, 5.41) is 90.2. The Bertz CT molecular complexity index is 518. The zero-order valence-electron chi connectivity index (χ0n) is 18.9. The number of carboxylic acid groups (broad SMARTS) is 4. The van der Waals surface area contributed by atoms with Gasteiger partial charge in [-0.1, -0.05) is 0 Å². The van der Waals surface area contributed by atoms with Gasteiger partial charge in [-0.2, -0.15) is 0 Å². The predicted molar refractivity (Wildman–Crippen MR) is 96.4 cm³/mol. The molecule has 0 aromatic heterocycles. The first-order valence-electron chi connectivity index (χ1n) is 8.97. The summed E-state index contributed by atoms with van der Waals surface area (Å²) < 4.78 is 0. The second-order valence-corrected chi connectivity index (χ2v) is 6.43. The fourth-order valence-electron chi connectivity index (χ4n) is 2.13. The molecule has 0 fully saturated rings. The predicted octanol–water partition coefficient (Wildman–Crippen LogP) is -14.3. The molecule has 4 atom stereocenters. The van der Waals surface area contributed by atoms with E-state index in [1.54, 1.807) is 0 Å². The summed E-state index contributed by atoms with van der Waals surface area (Å²) >= 11 is 0. The second-order valence-electron chi connectivity index (χ2n) is 6.43. The maximum atomic E-state index is 10.5. The van der Waals surface area contributed by atoms with E-state index in [0.29, 0.717) is 0 Å². The van der Waals surface area contributed by atoms with Gasteiger partial charge in [0.05, 0.1) is 38.2 Å².